The standard InChI is InChI=1S/C28H21BrN2O2S/c1-18-7-13-24-26(15-18)34-28(31-24)20-8-11-22(12-9-20)30-27(32)17-33-25-14-10-21(16-23(25)29)19-5-3-2-4-6-19/h2-16H,17H2,1H3,(H,30,32). The summed E-state index contributed by atoms with van der Waals surface area (Å²) in [6, 6.07) is 29.9. The van der Waals surface area contributed by atoms with Gasteiger partial charge in [0.05, 0.1) is 14.7 Å². The molecule has 1 N–H and O–H groups in total. The molecule has 1 amide bonds. The molecule has 0 aliphatic carbocycles. The number of hydrogen-bond donors (Lipinski definition) is 1. The van der Waals surface area contributed by atoms with Crippen LogP contribution in [0.15, 0.2) is 95.5 Å². The SMILES string of the molecule is Cc1ccc2nc(-c3ccc(NC(=O)COc4ccc(-c5ccccc5)cc4Br)cc3)sc2c1. The van der Waals surface area contributed by atoms with Crippen LogP contribution in [0.4, 0.5) is 5.69 Å². The largest absolute Gasteiger partial charge is 0.483 e. The van der Waals surface area contributed by atoms with Crippen LogP contribution in [0.5, 0.6) is 5.75 Å². The first-order valence-corrected chi connectivity index (χ1v) is 12.4. The molecule has 1 aromatic heterocycles. The maximum absolute atomic E-state index is 12.4. The quantitative estimate of drug-likeness (QED) is 0.245. The molecule has 4 aromatic carbocycles. The smallest absolute Gasteiger partial charge is 0.262 e. The summed E-state index contributed by atoms with van der Waals surface area (Å²) in [4.78, 5) is 17.1. The number of carbonyl (C=O) groups excluding carboxylic acids is 1. The zero-order chi connectivity index (χ0) is 23.5. The second-order valence-electron chi connectivity index (χ2n) is 7.92. The Bertz CT molecular complexity index is 1460. The normalized spacial score (nSPS) is 10.9. The Morgan fingerprint density at radius 3 is 2.44 bits per heavy atom. The first-order valence-electron chi connectivity index (χ1n) is 10.8. The summed E-state index contributed by atoms with van der Waals surface area (Å²) >= 11 is 5.21. The van der Waals surface area contributed by atoms with Crippen molar-refractivity contribution in [3.63, 3.8) is 0 Å². The van der Waals surface area contributed by atoms with Crippen LogP contribution in [-0.2, 0) is 4.79 Å². The second-order valence-corrected chi connectivity index (χ2v) is 9.80. The number of aromatic nitrogens is 1. The molecule has 168 valence electrons. The third-order valence-electron chi connectivity index (χ3n) is 5.36. The average Bonchev–Trinajstić information content (AvgIpc) is 3.27. The van der Waals surface area contributed by atoms with E-state index in [0.717, 1.165) is 31.7 Å². The van der Waals surface area contributed by atoms with Crippen molar-refractivity contribution in [3.8, 4) is 27.4 Å². The summed E-state index contributed by atoms with van der Waals surface area (Å²) in [6.07, 6.45) is 0. The van der Waals surface area contributed by atoms with E-state index in [1.807, 2.05) is 66.7 Å². The summed E-state index contributed by atoms with van der Waals surface area (Å²) in [5.41, 5.74) is 6.16. The van der Waals surface area contributed by atoms with Gasteiger partial charge in [-0.2, -0.15) is 0 Å². The number of fused-ring (bicyclic) bond motifs is 1. The lowest BCUT2D eigenvalue weighted by atomic mass is 10.1. The lowest BCUT2D eigenvalue weighted by Crippen LogP contribution is -2.20. The predicted molar refractivity (Wildman–Crippen MR) is 143 cm³/mol. The van der Waals surface area contributed by atoms with E-state index in [9.17, 15) is 4.79 Å². The zero-order valence-corrected chi connectivity index (χ0v) is 20.8. The molecule has 0 bridgehead atoms. The van der Waals surface area contributed by atoms with Crippen LogP contribution in [0, 0.1) is 6.92 Å². The maximum Gasteiger partial charge on any atom is 0.262 e. The minimum Gasteiger partial charge on any atom is -0.483 e. The van der Waals surface area contributed by atoms with Gasteiger partial charge in [-0.3, -0.25) is 4.79 Å². The molecule has 0 fully saturated rings. The van der Waals surface area contributed by atoms with E-state index >= 15 is 0 Å². The molecule has 0 atom stereocenters. The van der Waals surface area contributed by atoms with E-state index in [0.29, 0.717) is 11.4 Å². The van der Waals surface area contributed by atoms with Gasteiger partial charge in [0.25, 0.3) is 5.91 Å². The van der Waals surface area contributed by atoms with Gasteiger partial charge in [-0.05, 0) is 88.1 Å². The van der Waals surface area contributed by atoms with E-state index in [1.54, 1.807) is 11.3 Å². The third kappa shape index (κ3) is 5.03. The number of carbonyl (C=O) groups is 1. The fraction of sp³-hybridized carbons (Fsp3) is 0.0714. The highest BCUT2D eigenvalue weighted by atomic mass is 79.9. The van der Waals surface area contributed by atoms with E-state index in [1.165, 1.54) is 10.3 Å². The molecule has 0 saturated heterocycles. The van der Waals surface area contributed by atoms with Crippen LogP contribution in [0.2, 0.25) is 0 Å². The number of benzene rings is 4. The maximum atomic E-state index is 12.4. The summed E-state index contributed by atoms with van der Waals surface area (Å²) in [6.45, 7) is 2.00. The van der Waals surface area contributed by atoms with Crippen molar-refractivity contribution in [1.29, 1.82) is 0 Å². The van der Waals surface area contributed by atoms with Gasteiger partial charge in [0, 0.05) is 11.3 Å². The van der Waals surface area contributed by atoms with Crippen molar-refractivity contribution in [2.45, 2.75) is 6.92 Å². The first-order chi connectivity index (χ1) is 16.5. The summed E-state index contributed by atoms with van der Waals surface area (Å²) in [5.74, 6) is 0.401. The monoisotopic (exact) mass is 528 g/mol. The molecule has 6 heteroatoms. The van der Waals surface area contributed by atoms with Crippen molar-refractivity contribution in [2.24, 2.45) is 0 Å². The molecule has 0 unspecified atom stereocenters. The number of thiazole rings is 1. The highest BCUT2D eigenvalue weighted by Crippen LogP contribution is 2.32. The number of hydrogen-bond acceptors (Lipinski definition) is 4. The molecule has 1 heterocycles. The van der Waals surface area contributed by atoms with Gasteiger partial charge in [0.2, 0.25) is 0 Å². The molecule has 0 spiro atoms. The highest BCUT2D eigenvalue weighted by Gasteiger charge is 2.10. The van der Waals surface area contributed by atoms with E-state index in [-0.39, 0.29) is 12.5 Å². The predicted octanol–water partition coefficient (Wildman–Crippen LogP) is 7.72. The van der Waals surface area contributed by atoms with Crippen LogP contribution < -0.4 is 10.1 Å². The number of amides is 1. The second kappa shape index (κ2) is 9.79. The molecule has 34 heavy (non-hydrogen) atoms. The van der Waals surface area contributed by atoms with Crippen molar-refractivity contribution in [3.05, 3.63) is 101 Å². The van der Waals surface area contributed by atoms with Crippen LogP contribution in [-0.4, -0.2) is 17.5 Å². The number of nitrogens with zero attached hydrogens (tertiary/aromatic N) is 1. The van der Waals surface area contributed by atoms with Crippen LogP contribution in [0.1, 0.15) is 5.56 Å². The van der Waals surface area contributed by atoms with Gasteiger partial charge in [-0.15, -0.1) is 11.3 Å². The van der Waals surface area contributed by atoms with Gasteiger partial charge in [0.15, 0.2) is 6.61 Å². The van der Waals surface area contributed by atoms with Gasteiger partial charge in [-0.1, -0.05) is 42.5 Å². The summed E-state index contributed by atoms with van der Waals surface area (Å²) in [5, 5.41) is 3.85. The molecule has 0 saturated carbocycles. The Kier molecular flexibility index (Phi) is 6.43. The Morgan fingerprint density at radius 1 is 0.912 bits per heavy atom. The van der Waals surface area contributed by atoms with Crippen LogP contribution in [0.25, 0.3) is 31.9 Å². The van der Waals surface area contributed by atoms with E-state index in [2.05, 4.69) is 52.4 Å². The molecule has 5 aromatic rings. The van der Waals surface area contributed by atoms with Crippen molar-refractivity contribution in [1.82, 2.24) is 4.98 Å². The number of halogens is 1. The Morgan fingerprint density at radius 2 is 1.68 bits per heavy atom. The molecule has 4 nitrogen and oxygen atoms in total. The minimum absolute atomic E-state index is 0.0811. The Balaban J connectivity index is 1.20. The number of ether oxygens (including phenoxy) is 1. The van der Waals surface area contributed by atoms with Crippen LogP contribution >= 0.6 is 27.3 Å². The average molecular weight is 529 g/mol. The zero-order valence-electron chi connectivity index (χ0n) is 18.4. The lowest BCUT2D eigenvalue weighted by Gasteiger charge is -2.11. The fourth-order valence-electron chi connectivity index (χ4n) is 3.62. The molecule has 5 rings (SSSR count). The highest BCUT2D eigenvalue weighted by molar-refractivity contribution is 9.10. The van der Waals surface area contributed by atoms with Crippen molar-refractivity contribution >= 4 is 49.1 Å². The summed E-state index contributed by atoms with van der Waals surface area (Å²) < 4.78 is 7.71. The van der Waals surface area contributed by atoms with E-state index < -0.39 is 0 Å². The van der Waals surface area contributed by atoms with Gasteiger partial charge in [0.1, 0.15) is 10.8 Å². The number of aryl methyl sites for hydroxylation is 1. The Labute approximate surface area is 210 Å². The molecular weight excluding hydrogens is 508 g/mol. The number of nitrogens with one attached hydrogen (secondary N) is 1. The minimum atomic E-state index is -0.220. The van der Waals surface area contributed by atoms with Crippen LogP contribution in [0.3, 0.4) is 0 Å². The van der Waals surface area contributed by atoms with Gasteiger partial charge < -0.3 is 10.1 Å². The fourth-order valence-corrected chi connectivity index (χ4v) is 5.18. The lowest BCUT2D eigenvalue weighted by molar-refractivity contribution is -0.118. The van der Waals surface area contributed by atoms with Gasteiger partial charge >= 0.3 is 0 Å². The molecule has 0 radical (unpaired) electrons. The van der Waals surface area contributed by atoms with Gasteiger partial charge in [-0.25, -0.2) is 4.98 Å². The molecular formula is C28H21BrN2O2S. The summed E-state index contributed by atoms with van der Waals surface area (Å²) in [7, 11) is 0. The number of rotatable bonds is 6. The van der Waals surface area contributed by atoms with Crippen molar-refractivity contribution < 1.29 is 9.53 Å². The molecule has 0 aliphatic rings. The Hall–Kier alpha value is -3.48. The van der Waals surface area contributed by atoms with E-state index in [4.69, 9.17) is 9.72 Å². The first kappa shape index (κ1) is 22.3. The topological polar surface area (TPSA) is 51.2 Å². The van der Waals surface area contributed by atoms with Crippen molar-refractivity contribution in [2.75, 3.05) is 11.9 Å². The molecule has 0 aliphatic heterocycles. The number of anilines is 1. The third-order valence-corrected chi connectivity index (χ3v) is 7.04.